The van der Waals surface area contributed by atoms with E-state index in [0.29, 0.717) is 12.3 Å². The fraction of sp³-hybridized carbons (Fsp3) is 0.611. The van der Waals surface area contributed by atoms with E-state index in [9.17, 15) is 5.11 Å². The molecule has 0 heterocycles. The number of nitrogens with zero attached hydrogens (tertiary/aromatic N) is 1. The number of phenols is 1. The molecule has 1 atom stereocenters. The Bertz CT molecular complexity index is 501. The van der Waals surface area contributed by atoms with Crippen LogP contribution >= 0.6 is 24.0 Å². The molecular formula is C18H32IN3O2. The first-order valence-electron chi connectivity index (χ1n) is 8.19. The van der Waals surface area contributed by atoms with Crippen molar-refractivity contribution < 1.29 is 9.84 Å². The Hall–Kier alpha value is -1.02. The van der Waals surface area contributed by atoms with Gasteiger partial charge in [0.2, 0.25) is 0 Å². The summed E-state index contributed by atoms with van der Waals surface area (Å²) in [6, 6.07) is 7.33. The van der Waals surface area contributed by atoms with E-state index in [1.54, 1.807) is 19.2 Å². The molecule has 3 N–H and O–H groups in total. The van der Waals surface area contributed by atoms with Crippen LogP contribution < -0.4 is 10.6 Å². The Balaban J connectivity index is 0.00000529. The summed E-state index contributed by atoms with van der Waals surface area (Å²) in [7, 11) is 1.73. The lowest BCUT2D eigenvalue weighted by molar-refractivity contribution is 0.0241. The van der Waals surface area contributed by atoms with Gasteiger partial charge < -0.3 is 20.5 Å². The maximum atomic E-state index is 9.48. The van der Waals surface area contributed by atoms with Crippen molar-refractivity contribution in [1.29, 1.82) is 0 Å². The average Bonchev–Trinajstić information content (AvgIpc) is 2.46. The fourth-order valence-electron chi connectivity index (χ4n) is 2.26. The predicted molar refractivity (Wildman–Crippen MR) is 111 cm³/mol. The molecule has 0 bridgehead atoms. The van der Waals surface area contributed by atoms with Crippen molar-refractivity contribution in [3.8, 4) is 5.75 Å². The van der Waals surface area contributed by atoms with Crippen LogP contribution in [0.3, 0.4) is 0 Å². The molecule has 6 heteroatoms. The average molecular weight is 449 g/mol. The third kappa shape index (κ3) is 8.73. The summed E-state index contributed by atoms with van der Waals surface area (Å²) in [5.74, 6) is 1.09. The van der Waals surface area contributed by atoms with Gasteiger partial charge in [0.05, 0.1) is 12.6 Å². The third-order valence-corrected chi connectivity index (χ3v) is 3.63. The van der Waals surface area contributed by atoms with Gasteiger partial charge in [0.15, 0.2) is 5.96 Å². The minimum absolute atomic E-state index is 0. The highest BCUT2D eigenvalue weighted by atomic mass is 127. The summed E-state index contributed by atoms with van der Waals surface area (Å²) in [6.07, 6.45) is 0.898. The van der Waals surface area contributed by atoms with Crippen LogP contribution in [0.25, 0.3) is 0 Å². The van der Waals surface area contributed by atoms with E-state index in [0.717, 1.165) is 31.0 Å². The molecule has 1 unspecified atom stereocenters. The van der Waals surface area contributed by atoms with Crippen molar-refractivity contribution in [2.75, 3.05) is 26.7 Å². The zero-order valence-electron chi connectivity index (χ0n) is 15.4. The van der Waals surface area contributed by atoms with Crippen LogP contribution in [0.15, 0.2) is 29.3 Å². The number of hydrogen-bond acceptors (Lipinski definition) is 3. The predicted octanol–water partition coefficient (Wildman–Crippen LogP) is 3.17. The summed E-state index contributed by atoms with van der Waals surface area (Å²) >= 11 is 0. The monoisotopic (exact) mass is 449 g/mol. The molecule has 1 aromatic carbocycles. The minimum atomic E-state index is 0. The molecule has 1 rings (SSSR count). The number of aliphatic imine (C=N–C) groups is 1. The highest BCUT2D eigenvalue weighted by molar-refractivity contribution is 14.0. The quantitative estimate of drug-likeness (QED) is 0.340. The van der Waals surface area contributed by atoms with Crippen molar-refractivity contribution in [2.45, 2.75) is 40.2 Å². The number of phenolic OH excluding ortho intramolecular Hbond substituents is 1. The number of rotatable bonds is 7. The number of hydrogen-bond donors (Lipinski definition) is 3. The number of guanidine groups is 1. The summed E-state index contributed by atoms with van der Waals surface area (Å²) in [5, 5.41) is 16.1. The van der Waals surface area contributed by atoms with Crippen LogP contribution in [0.1, 0.15) is 33.3 Å². The van der Waals surface area contributed by atoms with Gasteiger partial charge in [0, 0.05) is 20.2 Å². The molecule has 0 aliphatic rings. The SMILES string of the molecule is CCNC(=NCC(OC)C(C)(C)C)NCCc1cccc(O)c1.I. The van der Waals surface area contributed by atoms with Crippen molar-refractivity contribution in [3.05, 3.63) is 29.8 Å². The number of aromatic hydroxyl groups is 1. The molecule has 24 heavy (non-hydrogen) atoms. The highest BCUT2D eigenvalue weighted by Crippen LogP contribution is 2.21. The van der Waals surface area contributed by atoms with Crippen LogP contribution in [0.2, 0.25) is 0 Å². The maximum Gasteiger partial charge on any atom is 0.191 e. The first-order chi connectivity index (χ1) is 10.9. The molecule has 0 fully saturated rings. The molecule has 0 radical (unpaired) electrons. The van der Waals surface area contributed by atoms with Gasteiger partial charge in [0.1, 0.15) is 5.75 Å². The first kappa shape index (κ1) is 23.0. The summed E-state index contributed by atoms with van der Waals surface area (Å²) in [6.45, 7) is 10.7. The van der Waals surface area contributed by atoms with Gasteiger partial charge in [-0.05, 0) is 36.5 Å². The second-order valence-electron chi connectivity index (χ2n) is 6.66. The van der Waals surface area contributed by atoms with Crippen LogP contribution in [-0.4, -0.2) is 43.9 Å². The van der Waals surface area contributed by atoms with Crippen LogP contribution in [-0.2, 0) is 11.2 Å². The molecule has 5 nitrogen and oxygen atoms in total. The highest BCUT2D eigenvalue weighted by Gasteiger charge is 2.23. The normalized spacial score (nSPS) is 13.1. The number of halogens is 1. The number of methoxy groups -OCH3 is 1. The van der Waals surface area contributed by atoms with Gasteiger partial charge in [-0.2, -0.15) is 0 Å². The first-order valence-corrected chi connectivity index (χ1v) is 8.19. The lowest BCUT2D eigenvalue weighted by Crippen LogP contribution is -2.40. The van der Waals surface area contributed by atoms with E-state index in [4.69, 9.17) is 4.74 Å². The molecule has 0 saturated carbocycles. The number of nitrogens with one attached hydrogen (secondary N) is 2. The Labute approximate surface area is 163 Å². The van der Waals surface area contributed by atoms with Gasteiger partial charge in [-0.15, -0.1) is 24.0 Å². The van der Waals surface area contributed by atoms with E-state index < -0.39 is 0 Å². The van der Waals surface area contributed by atoms with Crippen LogP contribution in [0.4, 0.5) is 0 Å². The molecule has 0 aromatic heterocycles. The molecule has 0 aliphatic heterocycles. The van der Waals surface area contributed by atoms with E-state index in [2.05, 4.69) is 36.4 Å². The van der Waals surface area contributed by atoms with Gasteiger partial charge in [-0.1, -0.05) is 32.9 Å². The molecule has 0 aliphatic carbocycles. The molecule has 0 spiro atoms. The zero-order valence-corrected chi connectivity index (χ0v) is 17.8. The molecule has 0 amide bonds. The van der Waals surface area contributed by atoms with E-state index in [-0.39, 0.29) is 35.5 Å². The molecule has 0 saturated heterocycles. The Kier molecular flexibility index (Phi) is 11.0. The van der Waals surface area contributed by atoms with Crippen molar-refractivity contribution >= 4 is 29.9 Å². The van der Waals surface area contributed by atoms with E-state index in [1.165, 1.54) is 0 Å². The van der Waals surface area contributed by atoms with E-state index >= 15 is 0 Å². The van der Waals surface area contributed by atoms with Crippen molar-refractivity contribution in [3.63, 3.8) is 0 Å². The topological polar surface area (TPSA) is 65.9 Å². The molecule has 138 valence electrons. The van der Waals surface area contributed by atoms with Crippen LogP contribution in [0, 0.1) is 5.41 Å². The Morgan fingerprint density at radius 3 is 2.54 bits per heavy atom. The van der Waals surface area contributed by atoms with Crippen molar-refractivity contribution in [2.24, 2.45) is 10.4 Å². The lowest BCUT2D eigenvalue weighted by atomic mass is 9.89. The van der Waals surface area contributed by atoms with Gasteiger partial charge in [0.25, 0.3) is 0 Å². The molecular weight excluding hydrogens is 417 g/mol. The standard InChI is InChI=1S/C18H31N3O2.HI/c1-6-19-17(21-13-16(23-5)18(2,3)4)20-11-10-14-8-7-9-15(22)12-14;/h7-9,12,16,22H,6,10-11,13H2,1-5H3,(H2,19,20,21);1H. The smallest absolute Gasteiger partial charge is 0.191 e. The lowest BCUT2D eigenvalue weighted by Gasteiger charge is -2.28. The Morgan fingerprint density at radius 1 is 1.29 bits per heavy atom. The summed E-state index contributed by atoms with van der Waals surface area (Å²) in [4.78, 5) is 4.62. The van der Waals surface area contributed by atoms with Gasteiger partial charge in [-0.25, -0.2) is 0 Å². The second kappa shape index (κ2) is 11.5. The Morgan fingerprint density at radius 2 is 2.00 bits per heavy atom. The van der Waals surface area contributed by atoms with Gasteiger partial charge in [-0.3, -0.25) is 4.99 Å². The third-order valence-electron chi connectivity index (χ3n) is 3.63. The minimum Gasteiger partial charge on any atom is -0.508 e. The summed E-state index contributed by atoms with van der Waals surface area (Å²) in [5.41, 5.74) is 1.15. The fourth-order valence-corrected chi connectivity index (χ4v) is 2.26. The number of benzene rings is 1. The van der Waals surface area contributed by atoms with E-state index in [1.807, 2.05) is 19.1 Å². The van der Waals surface area contributed by atoms with Crippen LogP contribution in [0.5, 0.6) is 5.75 Å². The van der Waals surface area contributed by atoms with Gasteiger partial charge >= 0.3 is 0 Å². The maximum absolute atomic E-state index is 9.48. The summed E-state index contributed by atoms with van der Waals surface area (Å²) < 4.78 is 5.54. The molecule has 1 aromatic rings. The second-order valence-corrected chi connectivity index (χ2v) is 6.66. The largest absolute Gasteiger partial charge is 0.508 e. The number of ether oxygens (including phenoxy) is 1. The van der Waals surface area contributed by atoms with Crippen molar-refractivity contribution in [1.82, 2.24) is 10.6 Å². The zero-order chi connectivity index (χ0) is 17.3.